The minimum atomic E-state index is -1.68. The summed E-state index contributed by atoms with van der Waals surface area (Å²) in [5.41, 5.74) is 0.790. The van der Waals surface area contributed by atoms with E-state index in [-0.39, 0.29) is 0 Å². The average molecular weight is 182 g/mol. The second-order valence-corrected chi connectivity index (χ2v) is 2.99. The average Bonchev–Trinajstić information content (AvgIpc) is 2.44. The summed E-state index contributed by atoms with van der Waals surface area (Å²) in [6, 6.07) is 5.31. The molecule has 1 atom stereocenters. The SMILES string of the molecule is C=Cc1cccc2c1OS(=O)O2. The van der Waals surface area contributed by atoms with Gasteiger partial charge in [-0.15, -0.1) is 0 Å². The smallest absolute Gasteiger partial charge is 0.367 e. The molecule has 2 rings (SSSR count). The highest BCUT2D eigenvalue weighted by Crippen LogP contribution is 2.37. The maximum Gasteiger partial charge on any atom is 0.417 e. The Labute approximate surface area is 72.5 Å². The second kappa shape index (κ2) is 2.64. The molecular weight excluding hydrogens is 176 g/mol. The van der Waals surface area contributed by atoms with Gasteiger partial charge in [0.2, 0.25) is 0 Å². The van der Waals surface area contributed by atoms with Gasteiger partial charge in [0.25, 0.3) is 0 Å². The van der Waals surface area contributed by atoms with Crippen LogP contribution >= 0.6 is 0 Å². The van der Waals surface area contributed by atoms with Gasteiger partial charge in [-0.05, 0) is 6.07 Å². The summed E-state index contributed by atoms with van der Waals surface area (Å²) in [6.45, 7) is 3.60. The highest BCUT2D eigenvalue weighted by Gasteiger charge is 2.22. The Balaban J connectivity index is 2.58. The van der Waals surface area contributed by atoms with Crippen molar-refractivity contribution in [2.24, 2.45) is 0 Å². The molecule has 0 amide bonds. The third-order valence-corrected chi connectivity index (χ3v) is 2.16. The van der Waals surface area contributed by atoms with Gasteiger partial charge in [-0.3, -0.25) is 0 Å². The van der Waals surface area contributed by atoms with Gasteiger partial charge in [0.1, 0.15) is 0 Å². The second-order valence-electron chi connectivity index (χ2n) is 2.25. The molecule has 12 heavy (non-hydrogen) atoms. The van der Waals surface area contributed by atoms with Crippen molar-refractivity contribution in [2.75, 3.05) is 0 Å². The predicted octanol–water partition coefficient (Wildman–Crippen LogP) is 1.68. The van der Waals surface area contributed by atoms with Gasteiger partial charge < -0.3 is 8.37 Å². The summed E-state index contributed by atoms with van der Waals surface area (Å²) >= 11 is -1.68. The van der Waals surface area contributed by atoms with Crippen LogP contribution in [0.3, 0.4) is 0 Å². The quantitative estimate of drug-likeness (QED) is 0.662. The van der Waals surface area contributed by atoms with Crippen LogP contribution < -0.4 is 8.37 Å². The third-order valence-electron chi connectivity index (χ3n) is 1.54. The van der Waals surface area contributed by atoms with Gasteiger partial charge in [-0.2, -0.15) is 4.21 Å². The van der Waals surface area contributed by atoms with Crippen molar-refractivity contribution in [3.63, 3.8) is 0 Å². The molecule has 0 bridgehead atoms. The van der Waals surface area contributed by atoms with E-state index in [1.54, 1.807) is 18.2 Å². The van der Waals surface area contributed by atoms with Crippen LogP contribution in [0.5, 0.6) is 11.5 Å². The van der Waals surface area contributed by atoms with Crippen LogP contribution in [-0.2, 0) is 11.4 Å². The molecule has 0 spiro atoms. The summed E-state index contributed by atoms with van der Waals surface area (Å²) in [4.78, 5) is 0. The molecule has 3 nitrogen and oxygen atoms in total. The van der Waals surface area contributed by atoms with Crippen LogP contribution in [0.2, 0.25) is 0 Å². The Morgan fingerprint density at radius 3 is 3.00 bits per heavy atom. The minimum Gasteiger partial charge on any atom is -0.367 e. The number of fused-ring (bicyclic) bond motifs is 1. The van der Waals surface area contributed by atoms with Gasteiger partial charge in [-0.1, -0.05) is 24.8 Å². The molecule has 1 unspecified atom stereocenters. The number of para-hydroxylation sites is 1. The van der Waals surface area contributed by atoms with Gasteiger partial charge in [0, 0.05) is 5.56 Å². The molecule has 1 aliphatic rings. The monoisotopic (exact) mass is 182 g/mol. The molecule has 1 aromatic rings. The number of benzene rings is 1. The molecule has 4 heteroatoms. The van der Waals surface area contributed by atoms with Crippen molar-refractivity contribution in [3.05, 3.63) is 30.3 Å². The van der Waals surface area contributed by atoms with E-state index in [1.165, 1.54) is 0 Å². The molecule has 62 valence electrons. The zero-order chi connectivity index (χ0) is 8.55. The van der Waals surface area contributed by atoms with Crippen molar-refractivity contribution in [1.82, 2.24) is 0 Å². The Bertz CT molecular complexity index is 359. The summed E-state index contributed by atoms with van der Waals surface area (Å²) < 4.78 is 20.6. The molecule has 1 aliphatic heterocycles. The number of rotatable bonds is 1. The molecule has 0 aromatic heterocycles. The van der Waals surface area contributed by atoms with Crippen LogP contribution in [0, 0.1) is 0 Å². The Morgan fingerprint density at radius 1 is 1.42 bits per heavy atom. The van der Waals surface area contributed by atoms with E-state index in [0.29, 0.717) is 11.5 Å². The molecule has 0 saturated heterocycles. The van der Waals surface area contributed by atoms with E-state index in [9.17, 15) is 4.21 Å². The highest BCUT2D eigenvalue weighted by molar-refractivity contribution is 7.76. The maximum absolute atomic E-state index is 10.8. The fraction of sp³-hybridized carbons (Fsp3) is 0. The molecule has 0 N–H and O–H groups in total. The number of hydrogen-bond donors (Lipinski definition) is 0. The third kappa shape index (κ3) is 1.00. The first kappa shape index (κ1) is 7.36. The van der Waals surface area contributed by atoms with E-state index < -0.39 is 11.4 Å². The van der Waals surface area contributed by atoms with Crippen LogP contribution in [0.1, 0.15) is 5.56 Å². The molecule has 0 aliphatic carbocycles. The summed E-state index contributed by atoms with van der Waals surface area (Å²) in [7, 11) is 0. The van der Waals surface area contributed by atoms with Crippen molar-refractivity contribution < 1.29 is 12.6 Å². The largest absolute Gasteiger partial charge is 0.417 e. The van der Waals surface area contributed by atoms with E-state index in [0.717, 1.165) is 5.56 Å². The fourth-order valence-corrected chi connectivity index (χ4v) is 1.63. The minimum absolute atomic E-state index is 0.505. The maximum atomic E-state index is 10.8. The molecule has 1 aromatic carbocycles. The molecule has 1 heterocycles. The molecular formula is C8H6O3S. The molecule has 0 radical (unpaired) electrons. The van der Waals surface area contributed by atoms with Crippen molar-refractivity contribution in [1.29, 1.82) is 0 Å². The van der Waals surface area contributed by atoms with Crippen molar-refractivity contribution >= 4 is 17.4 Å². The molecule has 0 fully saturated rings. The Hall–Kier alpha value is -1.29. The van der Waals surface area contributed by atoms with Crippen LogP contribution in [0.15, 0.2) is 24.8 Å². The van der Waals surface area contributed by atoms with Crippen molar-refractivity contribution in [2.45, 2.75) is 0 Å². The van der Waals surface area contributed by atoms with E-state index >= 15 is 0 Å². The lowest BCUT2D eigenvalue weighted by Crippen LogP contribution is -1.97. The van der Waals surface area contributed by atoms with Gasteiger partial charge in [0.05, 0.1) is 0 Å². The lowest BCUT2D eigenvalue weighted by molar-refractivity contribution is 0.520. The zero-order valence-corrected chi connectivity index (χ0v) is 6.97. The first-order valence-electron chi connectivity index (χ1n) is 3.35. The lowest BCUT2D eigenvalue weighted by atomic mass is 10.2. The van der Waals surface area contributed by atoms with E-state index in [2.05, 4.69) is 6.58 Å². The predicted molar refractivity (Wildman–Crippen MR) is 45.9 cm³/mol. The zero-order valence-electron chi connectivity index (χ0n) is 6.15. The first-order chi connectivity index (χ1) is 5.81. The van der Waals surface area contributed by atoms with Crippen LogP contribution in [0.4, 0.5) is 0 Å². The van der Waals surface area contributed by atoms with Gasteiger partial charge >= 0.3 is 11.4 Å². The Kier molecular flexibility index (Phi) is 1.62. The van der Waals surface area contributed by atoms with Gasteiger partial charge in [0.15, 0.2) is 11.5 Å². The fourth-order valence-electron chi connectivity index (χ4n) is 1.01. The van der Waals surface area contributed by atoms with Crippen molar-refractivity contribution in [3.8, 4) is 11.5 Å². The standard InChI is InChI=1S/C8H6O3S/c1-2-6-4-3-5-7-8(6)11-12(9)10-7/h2-5H,1H2. The highest BCUT2D eigenvalue weighted by atomic mass is 32.2. The first-order valence-corrected chi connectivity index (χ1v) is 4.35. The van der Waals surface area contributed by atoms with Crippen LogP contribution in [-0.4, -0.2) is 4.21 Å². The van der Waals surface area contributed by atoms with Gasteiger partial charge in [-0.25, -0.2) is 0 Å². The Morgan fingerprint density at radius 2 is 2.25 bits per heavy atom. The molecule has 0 saturated carbocycles. The topological polar surface area (TPSA) is 35.5 Å². The number of hydrogen-bond acceptors (Lipinski definition) is 3. The van der Waals surface area contributed by atoms with Crippen LogP contribution in [0.25, 0.3) is 6.08 Å². The normalized spacial score (nSPS) is 19.2. The summed E-state index contributed by atoms with van der Waals surface area (Å²) in [5, 5.41) is 0. The lowest BCUT2D eigenvalue weighted by Gasteiger charge is -1.95. The van der Waals surface area contributed by atoms with E-state index in [4.69, 9.17) is 8.37 Å². The summed E-state index contributed by atoms with van der Waals surface area (Å²) in [6.07, 6.45) is 1.63. The van der Waals surface area contributed by atoms with E-state index in [1.807, 2.05) is 6.07 Å². The summed E-state index contributed by atoms with van der Waals surface area (Å²) in [5.74, 6) is 1.01.